The van der Waals surface area contributed by atoms with Gasteiger partial charge in [-0.05, 0) is 61.7 Å². The van der Waals surface area contributed by atoms with Crippen molar-refractivity contribution in [2.45, 2.75) is 25.8 Å². The third-order valence-electron chi connectivity index (χ3n) is 6.51. The number of hydrogen-bond acceptors (Lipinski definition) is 6. The maximum Gasteiger partial charge on any atom is 0.341 e. The van der Waals surface area contributed by atoms with E-state index in [-0.39, 0.29) is 17.2 Å². The van der Waals surface area contributed by atoms with Crippen molar-refractivity contribution in [2.24, 2.45) is 0 Å². The fourth-order valence-corrected chi connectivity index (χ4v) is 4.65. The minimum atomic E-state index is -1.40. The maximum absolute atomic E-state index is 15.4. The van der Waals surface area contributed by atoms with Crippen LogP contribution in [0.4, 0.5) is 10.1 Å². The van der Waals surface area contributed by atoms with Gasteiger partial charge in [0, 0.05) is 36.1 Å². The van der Waals surface area contributed by atoms with Gasteiger partial charge in [-0.25, -0.2) is 14.2 Å². The number of ether oxygens (including phenoxy) is 1. The molecule has 3 heterocycles. The van der Waals surface area contributed by atoms with E-state index in [2.05, 4.69) is 4.98 Å². The fraction of sp³-hybridized carbons (Fsp3) is 0.222. The SMILES string of the molecule is Cc1cc(-n2cc(C(=O)O)c(=O)c3cc(F)c(N4CCC[C@@H]4COc4ccccn4)cc32)ccc1O. The van der Waals surface area contributed by atoms with Crippen molar-refractivity contribution in [3.8, 4) is 17.3 Å². The van der Waals surface area contributed by atoms with Gasteiger partial charge in [-0.2, -0.15) is 0 Å². The van der Waals surface area contributed by atoms with Crippen LogP contribution in [0.25, 0.3) is 16.6 Å². The van der Waals surface area contributed by atoms with E-state index in [0.29, 0.717) is 41.5 Å². The molecular formula is C27H24FN3O5. The number of carboxylic acid groups (broad SMARTS) is 1. The second-order valence-corrected chi connectivity index (χ2v) is 8.81. The Hall–Kier alpha value is -4.40. The summed E-state index contributed by atoms with van der Waals surface area (Å²) in [7, 11) is 0. The highest BCUT2D eigenvalue weighted by atomic mass is 19.1. The number of aromatic hydroxyl groups is 1. The first-order valence-electron chi connectivity index (χ1n) is 11.6. The number of aromatic nitrogens is 2. The van der Waals surface area contributed by atoms with E-state index >= 15 is 4.39 Å². The molecule has 0 unspecified atom stereocenters. The molecule has 184 valence electrons. The zero-order valence-corrected chi connectivity index (χ0v) is 19.5. The van der Waals surface area contributed by atoms with E-state index in [9.17, 15) is 19.8 Å². The van der Waals surface area contributed by atoms with Gasteiger partial charge >= 0.3 is 5.97 Å². The summed E-state index contributed by atoms with van der Waals surface area (Å²) in [5.74, 6) is -1.44. The number of pyridine rings is 2. The van der Waals surface area contributed by atoms with Crippen LogP contribution in [0, 0.1) is 12.7 Å². The van der Waals surface area contributed by atoms with Crippen molar-refractivity contribution in [3.05, 3.63) is 88.1 Å². The molecule has 36 heavy (non-hydrogen) atoms. The smallest absolute Gasteiger partial charge is 0.341 e. The maximum atomic E-state index is 15.4. The van der Waals surface area contributed by atoms with Gasteiger partial charge in [-0.3, -0.25) is 4.79 Å². The van der Waals surface area contributed by atoms with Crippen LogP contribution in [-0.4, -0.2) is 44.9 Å². The van der Waals surface area contributed by atoms with E-state index in [1.165, 1.54) is 12.3 Å². The van der Waals surface area contributed by atoms with Gasteiger partial charge in [0.2, 0.25) is 11.3 Å². The minimum absolute atomic E-state index is 0.0395. The third kappa shape index (κ3) is 4.24. The number of anilines is 1. The van der Waals surface area contributed by atoms with Crippen LogP contribution in [0.15, 0.2) is 65.7 Å². The number of hydrogen-bond donors (Lipinski definition) is 2. The molecule has 0 saturated carbocycles. The van der Waals surface area contributed by atoms with Crippen LogP contribution in [0.2, 0.25) is 0 Å². The lowest BCUT2D eigenvalue weighted by molar-refractivity contribution is 0.0695. The Morgan fingerprint density at radius 2 is 2.06 bits per heavy atom. The zero-order valence-electron chi connectivity index (χ0n) is 19.5. The first-order chi connectivity index (χ1) is 17.3. The molecule has 5 rings (SSSR count). The Labute approximate surface area is 205 Å². The highest BCUT2D eigenvalue weighted by Crippen LogP contribution is 2.32. The van der Waals surface area contributed by atoms with Gasteiger partial charge in [-0.1, -0.05) is 6.07 Å². The Bertz CT molecular complexity index is 1520. The van der Waals surface area contributed by atoms with Crippen LogP contribution < -0.4 is 15.1 Å². The molecule has 0 aliphatic carbocycles. The molecule has 0 bridgehead atoms. The summed E-state index contributed by atoms with van der Waals surface area (Å²) in [6.45, 7) is 2.63. The molecule has 9 heteroatoms. The second-order valence-electron chi connectivity index (χ2n) is 8.81. The van der Waals surface area contributed by atoms with Crippen LogP contribution in [0.5, 0.6) is 11.6 Å². The van der Waals surface area contributed by atoms with Crippen LogP contribution in [0.1, 0.15) is 28.8 Å². The molecular weight excluding hydrogens is 465 g/mol. The average Bonchev–Trinajstić information content (AvgIpc) is 3.33. The summed E-state index contributed by atoms with van der Waals surface area (Å²) in [4.78, 5) is 30.8. The Morgan fingerprint density at radius 3 is 2.78 bits per heavy atom. The number of aryl methyl sites for hydroxylation is 1. The number of benzene rings is 2. The predicted molar refractivity (Wildman–Crippen MR) is 133 cm³/mol. The van der Waals surface area contributed by atoms with E-state index < -0.39 is 22.8 Å². The molecule has 0 amide bonds. The number of halogens is 1. The summed E-state index contributed by atoms with van der Waals surface area (Å²) in [5, 5.41) is 19.5. The van der Waals surface area contributed by atoms with Gasteiger partial charge in [0.15, 0.2) is 0 Å². The van der Waals surface area contributed by atoms with Gasteiger partial charge in [0.1, 0.15) is 23.7 Å². The molecule has 1 fully saturated rings. The summed E-state index contributed by atoms with van der Waals surface area (Å²) in [6, 6.07) is 12.7. The third-order valence-corrected chi connectivity index (χ3v) is 6.51. The highest BCUT2D eigenvalue weighted by Gasteiger charge is 2.29. The number of phenols is 1. The number of rotatable bonds is 6. The van der Waals surface area contributed by atoms with E-state index in [0.717, 1.165) is 18.9 Å². The Morgan fingerprint density at radius 1 is 1.22 bits per heavy atom. The predicted octanol–water partition coefficient (Wildman–Crippen LogP) is 4.28. The lowest BCUT2D eigenvalue weighted by atomic mass is 10.1. The van der Waals surface area contributed by atoms with Crippen molar-refractivity contribution in [3.63, 3.8) is 0 Å². The number of fused-ring (bicyclic) bond motifs is 1. The molecule has 0 spiro atoms. The first kappa shape index (κ1) is 23.3. The number of aromatic carboxylic acids is 1. The van der Waals surface area contributed by atoms with Gasteiger partial charge in [0.05, 0.1) is 17.2 Å². The molecule has 1 atom stereocenters. The van der Waals surface area contributed by atoms with Crippen LogP contribution in [0.3, 0.4) is 0 Å². The molecule has 2 aromatic heterocycles. The van der Waals surface area contributed by atoms with Crippen molar-refractivity contribution >= 4 is 22.6 Å². The molecule has 8 nitrogen and oxygen atoms in total. The van der Waals surface area contributed by atoms with Crippen molar-refractivity contribution < 1.29 is 24.1 Å². The summed E-state index contributed by atoms with van der Waals surface area (Å²) in [5.41, 5.74) is 0.551. The van der Waals surface area contributed by atoms with E-state index in [1.54, 1.807) is 48.0 Å². The standard InChI is InChI=1S/C27H24FN3O5/c1-16-11-17(7-8-24(16)32)31-14-20(27(34)35)26(33)19-12-21(28)23(13-22(19)31)30-10-4-5-18(30)15-36-25-6-2-3-9-29-25/h2-3,6-9,11-14,18,32H,4-5,10,15H2,1H3,(H,34,35)/t18-/m1/s1. The molecule has 1 aliphatic heterocycles. The lowest BCUT2D eigenvalue weighted by Gasteiger charge is -2.27. The topological polar surface area (TPSA) is 105 Å². The van der Waals surface area contributed by atoms with Crippen molar-refractivity contribution in [1.29, 1.82) is 0 Å². The molecule has 0 radical (unpaired) electrons. The normalized spacial score (nSPS) is 15.4. The Balaban J connectivity index is 1.62. The first-order valence-corrected chi connectivity index (χ1v) is 11.6. The van der Waals surface area contributed by atoms with Crippen LogP contribution in [-0.2, 0) is 0 Å². The fourth-order valence-electron chi connectivity index (χ4n) is 4.65. The highest BCUT2D eigenvalue weighted by molar-refractivity contribution is 5.94. The number of carbonyl (C=O) groups is 1. The molecule has 4 aromatic rings. The van der Waals surface area contributed by atoms with E-state index in [1.807, 2.05) is 11.0 Å². The van der Waals surface area contributed by atoms with Crippen LogP contribution >= 0.6 is 0 Å². The minimum Gasteiger partial charge on any atom is -0.508 e. The molecule has 2 aromatic carbocycles. The summed E-state index contributed by atoms with van der Waals surface area (Å²) < 4.78 is 22.8. The van der Waals surface area contributed by atoms with Gasteiger partial charge in [0.25, 0.3) is 0 Å². The van der Waals surface area contributed by atoms with Crippen molar-refractivity contribution in [2.75, 3.05) is 18.1 Å². The molecule has 2 N–H and O–H groups in total. The number of phenolic OH excluding ortho intramolecular Hbond substituents is 1. The molecule has 1 aliphatic rings. The number of nitrogens with zero attached hydrogens (tertiary/aromatic N) is 3. The van der Waals surface area contributed by atoms with Gasteiger partial charge in [-0.15, -0.1) is 0 Å². The average molecular weight is 490 g/mol. The summed E-state index contributed by atoms with van der Waals surface area (Å²) in [6.07, 6.45) is 4.52. The second kappa shape index (κ2) is 9.33. The van der Waals surface area contributed by atoms with E-state index in [4.69, 9.17) is 4.74 Å². The quantitative estimate of drug-likeness (QED) is 0.416. The Kier molecular flexibility index (Phi) is 6.05. The molecule has 1 saturated heterocycles. The van der Waals surface area contributed by atoms with Gasteiger partial charge < -0.3 is 24.4 Å². The number of carboxylic acids is 1. The largest absolute Gasteiger partial charge is 0.508 e. The lowest BCUT2D eigenvalue weighted by Crippen LogP contribution is -2.35. The monoisotopic (exact) mass is 489 g/mol. The summed E-state index contributed by atoms with van der Waals surface area (Å²) >= 11 is 0. The van der Waals surface area contributed by atoms with Crippen molar-refractivity contribution in [1.82, 2.24) is 9.55 Å². The zero-order chi connectivity index (χ0) is 25.4.